The van der Waals surface area contributed by atoms with Crippen LogP contribution in [0.3, 0.4) is 0 Å². The van der Waals surface area contributed by atoms with E-state index in [4.69, 9.17) is 19.1 Å². The minimum Gasteiger partial charge on any atom is -0.465 e. The van der Waals surface area contributed by atoms with Crippen LogP contribution in [0, 0.1) is 5.82 Å². The lowest BCUT2D eigenvalue weighted by Crippen LogP contribution is -2.57. The number of nitrogens with zero attached hydrogens (tertiary/aromatic N) is 5. The zero-order valence-corrected chi connectivity index (χ0v) is 20.8. The molecule has 1 amide bonds. The SMILES string of the molecule is CO[C@@H]1[C@@H](n2cc(-c3cccc(F)c3)nn2)[C@@H](O)[C@@H](CO)O[C@@H]1Cc1cc(C2CCN(C(=O)O)CC2)no1. The number of aliphatic hydroxyl groups is 2. The third kappa shape index (κ3) is 5.27. The molecule has 0 spiro atoms. The molecule has 2 saturated heterocycles. The molecule has 0 saturated carbocycles. The average molecular weight is 532 g/mol. The van der Waals surface area contributed by atoms with Crippen LogP contribution in [-0.2, 0) is 15.9 Å². The highest BCUT2D eigenvalue weighted by atomic mass is 19.1. The fraction of sp³-hybridized carbons (Fsp3) is 0.520. The van der Waals surface area contributed by atoms with Gasteiger partial charge in [-0.05, 0) is 25.0 Å². The smallest absolute Gasteiger partial charge is 0.407 e. The molecule has 38 heavy (non-hydrogen) atoms. The van der Waals surface area contributed by atoms with E-state index in [-0.39, 0.29) is 12.3 Å². The van der Waals surface area contributed by atoms with Crippen LogP contribution < -0.4 is 0 Å². The van der Waals surface area contributed by atoms with Gasteiger partial charge in [-0.1, -0.05) is 22.5 Å². The number of aliphatic hydroxyl groups excluding tert-OH is 2. The van der Waals surface area contributed by atoms with Gasteiger partial charge in [0.15, 0.2) is 0 Å². The van der Waals surface area contributed by atoms with Crippen molar-refractivity contribution in [2.24, 2.45) is 0 Å². The minimum absolute atomic E-state index is 0.0877. The summed E-state index contributed by atoms with van der Waals surface area (Å²) in [7, 11) is 1.49. The third-order valence-corrected chi connectivity index (χ3v) is 7.33. The molecule has 0 aliphatic carbocycles. The molecule has 0 bridgehead atoms. The Kier molecular flexibility index (Phi) is 7.70. The van der Waals surface area contributed by atoms with Crippen molar-refractivity contribution >= 4 is 6.09 Å². The van der Waals surface area contributed by atoms with E-state index < -0.39 is 49.0 Å². The summed E-state index contributed by atoms with van der Waals surface area (Å²) in [4.78, 5) is 12.6. The van der Waals surface area contributed by atoms with Crippen molar-refractivity contribution in [2.45, 2.75) is 55.6 Å². The fourth-order valence-corrected chi connectivity index (χ4v) is 5.32. The predicted molar refractivity (Wildman–Crippen MR) is 129 cm³/mol. The number of carboxylic acid groups (broad SMARTS) is 1. The molecule has 204 valence electrons. The first-order valence-corrected chi connectivity index (χ1v) is 12.5. The summed E-state index contributed by atoms with van der Waals surface area (Å²) in [6.07, 6.45) is -1.15. The van der Waals surface area contributed by atoms with Crippen molar-refractivity contribution in [3.05, 3.63) is 53.8 Å². The molecule has 4 heterocycles. The fourth-order valence-electron chi connectivity index (χ4n) is 5.32. The van der Waals surface area contributed by atoms with Gasteiger partial charge in [0, 0.05) is 44.2 Å². The van der Waals surface area contributed by atoms with Crippen LogP contribution in [0.5, 0.6) is 0 Å². The molecule has 2 aliphatic rings. The molecular formula is C25H30FN5O7. The topological polar surface area (TPSA) is 156 Å². The van der Waals surface area contributed by atoms with Gasteiger partial charge in [0.2, 0.25) is 0 Å². The Morgan fingerprint density at radius 2 is 2.03 bits per heavy atom. The van der Waals surface area contributed by atoms with Crippen LogP contribution in [-0.4, -0.2) is 97.7 Å². The number of likely N-dealkylation sites (tertiary alicyclic amines) is 1. The third-order valence-electron chi connectivity index (χ3n) is 7.33. The molecule has 5 atom stereocenters. The van der Waals surface area contributed by atoms with Gasteiger partial charge in [0.25, 0.3) is 0 Å². The quantitative estimate of drug-likeness (QED) is 0.411. The van der Waals surface area contributed by atoms with Crippen molar-refractivity contribution in [2.75, 3.05) is 26.8 Å². The van der Waals surface area contributed by atoms with Crippen LogP contribution in [0.1, 0.15) is 36.3 Å². The Morgan fingerprint density at radius 1 is 1.24 bits per heavy atom. The molecule has 2 fully saturated rings. The molecule has 0 radical (unpaired) electrons. The van der Waals surface area contributed by atoms with Crippen molar-refractivity contribution in [3.8, 4) is 11.3 Å². The zero-order valence-electron chi connectivity index (χ0n) is 20.8. The first kappa shape index (κ1) is 26.2. The highest BCUT2D eigenvalue weighted by Gasteiger charge is 2.47. The number of ether oxygens (including phenoxy) is 2. The number of rotatable bonds is 7. The van der Waals surface area contributed by atoms with Crippen LogP contribution in [0.25, 0.3) is 11.3 Å². The molecule has 13 heteroatoms. The summed E-state index contributed by atoms with van der Waals surface area (Å²) >= 11 is 0. The van der Waals surface area contributed by atoms with E-state index in [1.165, 1.54) is 28.8 Å². The van der Waals surface area contributed by atoms with Crippen molar-refractivity contribution < 1.29 is 38.5 Å². The molecule has 5 rings (SSSR count). The molecule has 12 nitrogen and oxygen atoms in total. The second kappa shape index (κ2) is 11.2. The van der Waals surface area contributed by atoms with Gasteiger partial charge in [0.05, 0.1) is 24.6 Å². The molecule has 2 aliphatic heterocycles. The second-order valence-corrected chi connectivity index (χ2v) is 9.64. The number of methoxy groups -OCH3 is 1. The van der Waals surface area contributed by atoms with Crippen LogP contribution >= 0.6 is 0 Å². The summed E-state index contributed by atoms with van der Waals surface area (Å²) < 4.78 is 32.5. The van der Waals surface area contributed by atoms with Crippen LogP contribution in [0.4, 0.5) is 9.18 Å². The van der Waals surface area contributed by atoms with Gasteiger partial charge in [0.1, 0.15) is 41.6 Å². The first-order chi connectivity index (χ1) is 18.4. The molecule has 2 aromatic heterocycles. The maximum atomic E-state index is 13.7. The normalized spacial score (nSPS) is 26.5. The summed E-state index contributed by atoms with van der Waals surface area (Å²) in [6.45, 7) is 0.444. The van der Waals surface area contributed by atoms with Gasteiger partial charge in [-0.25, -0.2) is 13.9 Å². The van der Waals surface area contributed by atoms with E-state index in [0.717, 1.165) is 5.69 Å². The molecule has 1 aromatic carbocycles. The molecule has 0 unspecified atom stereocenters. The minimum atomic E-state index is -1.16. The van der Waals surface area contributed by atoms with Gasteiger partial charge in [-0.15, -0.1) is 5.10 Å². The molecule has 3 N–H and O–H groups in total. The highest BCUT2D eigenvalue weighted by Crippen LogP contribution is 2.35. The number of halogens is 1. The summed E-state index contributed by atoms with van der Waals surface area (Å²) in [6, 6.07) is 7.04. The average Bonchev–Trinajstić information content (AvgIpc) is 3.59. The van der Waals surface area contributed by atoms with Crippen molar-refractivity contribution in [3.63, 3.8) is 0 Å². The summed E-state index contributed by atoms with van der Waals surface area (Å²) in [5.74, 6) is 0.223. The molecular weight excluding hydrogens is 501 g/mol. The number of hydrogen-bond acceptors (Lipinski definition) is 9. The zero-order chi connectivity index (χ0) is 26.8. The van der Waals surface area contributed by atoms with Crippen molar-refractivity contribution in [1.29, 1.82) is 0 Å². The second-order valence-electron chi connectivity index (χ2n) is 9.64. The lowest BCUT2D eigenvalue weighted by Gasteiger charge is -2.43. The maximum Gasteiger partial charge on any atom is 0.407 e. The molecule has 3 aromatic rings. The van der Waals surface area contributed by atoms with E-state index in [9.17, 15) is 19.4 Å². The predicted octanol–water partition coefficient (Wildman–Crippen LogP) is 1.85. The number of amides is 1. The highest BCUT2D eigenvalue weighted by molar-refractivity contribution is 5.65. The van der Waals surface area contributed by atoms with Crippen LogP contribution in [0.2, 0.25) is 0 Å². The largest absolute Gasteiger partial charge is 0.465 e. The summed E-state index contributed by atoms with van der Waals surface area (Å²) in [5, 5.41) is 42.6. The number of hydrogen-bond donors (Lipinski definition) is 3. The van der Waals surface area contributed by atoms with E-state index in [1.807, 2.05) is 6.07 Å². The number of piperidine rings is 1. The lowest BCUT2D eigenvalue weighted by atomic mass is 9.90. The van der Waals surface area contributed by atoms with Gasteiger partial charge in [-0.3, -0.25) is 0 Å². The van der Waals surface area contributed by atoms with Crippen LogP contribution in [0.15, 0.2) is 41.1 Å². The van der Waals surface area contributed by atoms with E-state index >= 15 is 0 Å². The van der Waals surface area contributed by atoms with E-state index in [2.05, 4.69) is 15.5 Å². The Labute approximate surface area is 217 Å². The number of aromatic nitrogens is 4. The van der Waals surface area contributed by atoms with Gasteiger partial charge in [-0.2, -0.15) is 0 Å². The van der Waals surface area contributed by atoms with E-state index in [0.29, 0.717) is 42.9 Å². The van der Waals surface area contributed by atoms with E-state index in [1.54, 1.807) is 18.3 Å². The maximum absolute atomic E-state index is 13.7. The van der Waals surface area contributed by atoms with Crippen molar-refractivity contribution in [1.82, 2.24) is 25.1 Å². The Morgan fingerprint density at radius 3 is 2.71 bits per heavy atom. The Hall–Kier alpha value is -3.39. The standard InChI is InChI=1S/C25H30FN5O7/c1-36-24-20(11-17-10-18(28-38-17)14-5-7-30(8-6-14)25(34)35)37-21(13-32)23(33)22(24)31-12-19(27-29-31)15-3-2-4-16(26)9-15/h2-4,9-10,12,14,20-24,32-33H,5-8,11,13H2,1H3,(H,34,35)/t20-,21-,22+,23+,24+/m1/s1. The monoisotopic (exact) mass is 531 g/mol. The Bertz CT molecular complexity index is 1240. The van der Waals surface area contributed by atoms with Gasteiger partial charge >= 0.3 is 6.09 Å². The first-order valence-electron chi connectivity index (χ1n) is 12.5. The number of benzene rings is 1. The Balaban J connectivity index is 1.34. The number of carbonyl (C=O) groups is 1. The lowest BCUT2D eigenvalue weighted by molar-refractivity contribution is -0.212. The summed E-state index contributed by atoms with van der Waals surface area (Å²) in [5.41, 5.74) is 1.70. The van der Waals surface area contributed by atoms with Gasteiger partial charge < -0.3 is 34.2 Å².